The van der Waals surface area contributed by atoms with Gasteiger partial charge < -0.3 is 14.0 Å². The first-order chi connectivity index (χ1) is 13.1. The van der Waals surface area contributed by atoms with Gasteiger partial charge in [-0.3, -0.25) is 9.69 Å². The lowest BCUT2D eigenvalue weighted by atomic mass is 9.93. The van der Waals surface area contributed by atoms with E-state index in [1.165, 1.54) is 0 Å². The Bertz CT molecular complexity index is 792. The van der Waals surface area contributed by atoms with E-state index in [1.54, 1.807) is 0 Å². The van der Waals surface area contributed by atoms with E-state index in [0.29, 0.717) is 6.54 Å². The number of fused-ring (bicyclic) bond motifs is 4. The minimum absolute atomic E-state index is 0.0822. The quantitative estimate of drug-likeness (QED) is 0.781. The van der Waals surface area contributed by atoms with E-state index in [1.807, 2.05) is 20.0 Å². The standard InChI is InChI=1S/C20H29N5O2/c1-4-8-24-9-7-21-19(24)13-23-10-16-5-6-17(11-23)25(20(16)26)12-18-14(2)22-27-15(18)3/h7,9,16-17H,4-6,8,10-13H2,1-3H3/t16-,17+/m0/s1. The number of aromatic nitrogens is 3. The predicted molar refractivity (Wildman–Crippen MR) is 101 cm³/mol. The molecule has 3 aliphatic rings. The van der Waals surface area contributed by atoms with Crippen molar-refractivity contribution in [1.82, 2.24) is 24.5 Å². The molecule has 3 saturated heterocycles. The lowest BCUT2D eigenvalue weighted by Crippen LogP contribution is -2.47. The Morgan fingerprint density at radius 2 is 2.07 bits per heavy atom. The summed E-state index contributed by atoms with van der Waals surface area (Å²) in [6.45, 7) is 10.2. The van der Waals surface area contributed by atoms with E-state index in [9.17, 15) is 4.79 Å². The van der Waals surface area contributed by atoms with Crippen molar-refractivity contribution in [1.29, 1.82) is 0 Å². The molecule has 1 amide bonds. The van der Waals surface area contributed by atoms with Crippen LogP contribution in [-0.4, -0.2) is 49.5 Å². The highest BCUT2D eigenvalue weighted by Gasteiger charge is 2.41. The molecule has 0 spiro atoms. The molecule has 0 radical (unpaired) electrons. The van der Waals surface area contributed by atoms with Crippen LogP contribution in [0.2, 0.25) is 0 Å². The molecular weight excluding hydrogens is 342 g/mol. The van der Waals surface area contributed by atoms with Gasteiger partial charge in [0.05, 0.1) is 24.7 Å². The Morgan fingerprint density at radius 3 is 2.81 bits per heavy atom. The third-order valence-electron chi connectivity index (χ3n) is 6.01. The molecule has 2 atom stereocenters. The first-order valence-corrected chi connectivity index (χ1v) is 10.0. The fraction of sp³-hybridized carbons (Fsp3) is 0.650. The normalized spacial score (nSPS) is 23.2. The molecule has 0 saturated carbocycles. The minimum atomic E-state index is 0.0822. The smallest absolute Gasteiger partial charge is 0.227 e. The summed E-state index contributed by atoms with van der Waals surface area (Å²) in [5, 5.41) is 4.05. The highest BCUT2D eigenvalue weighted by Crippen LogP contribution is 2.32. The van der Waals surface area contributed by atoms with Crippen LogP contribution >= 0.6 is 0 Å². The first kappa shape index (κ1) is 18.2. The number of aryl methyl sites for hydroxylation is 3. The number of carbonyl (C=O) groups excluding carboxylic acids is 1. The van der Waals surface area contributed by atoms with Crippen LogP contribution in [0, 0.1) is 19.8 Å². The highest BCUT2D eigenvalue weighted by molar-refractivity contribution is 5.80. The molecule has 5 heterocycles. The largest absolute Gasteiger partial charge is 0.361 e. The van der Waals surface area contributed by atoms with E-state index in [0.717, 1.165) is 68.3 Å². The summed E-state index contributed by atoms with van der Waals surface area (Å²) in [5.41, 5.74) is 1.94. The fourth-order valence-electron chi connectivity index (χ4n) is 4.50. The Kier molecular flexibility index (Phi) is 5.04. The molecule has 3 aliphatic heterocycles. The van der Waals surface area contributed by atoms with Crippen molar-refractivity contribution < 1.29 is 9.32 Å². The summed E-state index contributed by atoms with van der Waals surface area (Å²) in [6, 6.07) is 0.250. The molecule has 0 aliphatic carbocycles. The molecule has 7 heteroatoms. The minimum Gasteiger partial charge on any atom is -0.361 e. The number of carbonyl (C=O) groups is 1. The average Bonchev–Trinajstić information content (AvgIpc) is 3.09. The second kappa shape index (κ2) is 7.46. The van der Waals surface area contributed by atoms with Gasteiger partial charge >= 0.3 is 0 Å². The van der Waals surface area contributed by atoms with Crippen LogP contribution in [0.4, 0.5) is 0 Å². The number of hydrogen-bond acceptors (Lipinski definition) is 5. The van der Waals surface area contributed by atoms with Gasteiger partial charge in [-0.1, -0.05) is 12.1 Å². The second-order valence-corrected chi connectivity index (χ2v) is 7.93. The van der Waals surface area contributed by atoms with Gasteiger partial charge in [-0.05, 0) is 33.1 Å². The van der Waals surface area contributed by atoms with Crippen LogP contribution in [0.3, 0.4) is 0 Å². The topological polar surface area (TPSA) is 67.4 Å². The van der Waals surface area contributed by atoms with Gasteiger partial charge in [-0.2, -0.15) is 0 Å². The molecule has 5 rings (SSSR count). The summed E-state index contributed by atoms with van der Waals surface area (Å²) < 4.78 is 7.53. The van der Waals surface area contributed by atoms with Gasteiger partial charge in [0.25, 0.3) is 0 Å². The molecule has 7 nitrogen and oxygen atoms in total. The predicted octanol–water partition coefficient (Wildman–Crippen LogP) is 2.52. The van der Waals surface area contributed by atoms with Crippen LogP contribution in [-0.2, 0) is 24.4 Å². The number of nitrogens with zero attached hydrogens (tertiary/aromatic N) is 5. The molecule has 0 aromatic carbocycles. The highest BCUT2D eigenvalue weighted by atomic mass is 16.5. The number of amides is 1. The zero-order valence-electron chi connectivity index (χ0n) is 16.5. The van der Waals surface area contributed by atoms with E-state index in [-0.39, 0.29) is 17.9 Å². The molecule has 3 fully saturated rings. The van der Waals surface area contributed by atoms with Crippen molar-refractivity contribution in [2.24, 2.45) is 5.92 Å². The molecule has 146 valence electrons. The van der Waals surface area contributed by atoms with Gasteiger partial charge in [0.1, 0.15) is 11.6 Å². The van der Waals surface area contributed by atoms with Gasteiger partial charge in [-0.15, -0.1) is 0 Å². The molecule has 0 N–H and O–H groups in total. The number of piperidine rings is 1. The molecule has 2 aromatic heterocycles. The van der Waals surface area contributed by atoms with Crippen LogP contribution in [0.1, 0.15) is 49.0 Å². The van der Waals surface area contributed by atoms with Crippen molar-refractivity contribution in [3.8, 4) is 0 Å². The van der Waals surface area contributed by atoms with Crippen LogP contribution in [0.25, 0.3) is 0 Å². The Hall–Kier alpha value is -2.15. The molecule has 0 unspecified atom stereocenters. The third kappa shape index (κ3) is 3.52. The average molecular weight is 371 g/mol. The van der Waals surface area contributed by atoms with E-state index < -0.39 is 0 Å². The summed E-state index contributed by atoms with van der Waals surface area (Å²) >= 11 is 0. The number of hydrogen-bond donors (Lipinski definition) is 0. The first-order valence-electron chi connectivity index (χ1n) is 10.0. The third-order valence-corrected chi connectivity index (χ3v) is 6.01. The Morgan fingerprint density at radius 1 is 1.22 bits per heavy atom. The summed E-state index contributed by atoms with van der Waals surface area (Å²) in [6.07, 6.45) is 7.09. The molecule has 27 heavy (non-hydrogen) atoms. The van der Waals surface area contributed by atoms with Crippen LogP contribution in [0.15, 0.2) is 16.9 Å². The maximum atomic E-state index is 13.1. The number of imidazole rings is 1. The lowest BCUT2D eigenvalue weighted by molar-refractivity contribution is -0.140. The van der Waals surface area contributed by atoms with Gasteiger partial charge in [0.15, 0.2) is 0 Å². The van der Waals surface area contributed by atoms with Gasteiger partial charge in [-0.25, -0.2) is 4.98 Å². The molecule has 2 aromatic rings. The van der Waals surface area contributed by atoms with Crippen molar-refractivity contribution >= 4 is 5.91 Å². The monoisotopic (exact) mass is 371 g/mol. The zero-order valence-corrected chi connectivity index (χ0v) is 16.5. The second-order valence-electron chi connectivity index (χ2n) is 7.93. The number of rotatable bonds is 6. The van der Waals surface area contributed by atoms with Crippen molar-refractivity contribution in [2.45, 2.75) is 65.7 Å². The van der Waals surface area contributed by atoms with Gasteiger partial charge in [0.2, 0.25) is 5.91 Å². The van der Waals surface area contributed by atoms with Gasteiger partial charge in [0, 0.05) is 43.6 Å². The van der Waals surface area contributed by atoms with E-state index in [4.69, 9.17) is 4.52 Å². The maximum absolute atomic E-state index is 13.1. The lowest BCUT2D eigenvalue weighted by Gasteiger charge is -2.36. The SMILES string of the molecule is CCCn1ccnc1CN1C[C@@H]2CC[C@H](C1)N(Cc1c(C)noc1C)C2=O. The summed E-state index contributed by atoms with van der Waals surface area (Å²) in [4.78, 5) is 22.1. The van der Waals surface area contributed by atoms with Crippen LogP contribution < -0.4 is 0 Å². The summed E-state index contributed by atoms with van der Waals surface area (Å²) in [7, 11) is 0. The zero-order chi connectivity index (χ0) is 19.0. The fourth-order valence-corrected chi connectivity index (χ4v) is 4.50. The van der Waals surface area contributed by atoms with E-state index in [2.05, 4.69) is 37.6 Å². The van der Waals surface area contributed by atoms with Crippen molar-refractivity contribution in [2.75, 3.05) is 13.1 Å². The maximum Gasteiger partial charge on any atom is 0.227 e. The Labute approximate surface area is 160 Å². The van der Waals surface area contributed by atoms with Crippen LogP contribution in [0.5, 0.6) is 0 Å². The van der Waals surface area contributed by atoms with Crippen molar-refractivity contribution in [3.63, 3.8) is 0 Å². The summed E-state index contributed by atoms with van der Waals surface area (Å²) in [5.74, 6) is 2.28. The molecule has 2 bridgehead atoms. The van der Waals surface area contributed by atoms with E-state index >= 15 is 0 Å². The van der Waals surface area contributed by atoms with Crippen molar-refractivity contribution in [3.05, 3.63) is 35.2 Å². The Balaban J connectivity index is 1.51. The molecular formula is C20H29N5O2.